The first-order valence-electron chi connectivity index (χ1n) is 8.55. The van der Waals surface area contributed by atoms with Crippen molar-refractivity contribution in [1.29, 1.82) is 5.41 Å². The molecule has 0 aliphatic heterocycles. The number of nitrogens with two attached hydrogens (primary N) is 1. The molecule has 0 saturated heterocycles. The third kappa shape index (κ3) is 5.89. The van der Waals surface area contributed by atoms with Crippen LogP contribution in [0.1, 0.15) is 43.5 Å². The molecule has 1 atom stereocenters. The average Bonchev–Trinajstić information content (AvgIpc) is 2.59. The van der Waals surface area contributed by atoms with Crippen LogP contribution in [0.25, 0.3) is 0 Å². The molecule has 0 amide bonds. The molecule has 0 radical (unpaired) electrons. The lowest BCUT2D eigenvalue weighted by Crippen LogP contribution is -2.21. The Kier molecular flexibility index (Phi) is 8.12. The fourth-order valence-electron chi connectivity index (χ4n) is 2.62. The molecular weight excluding hydrogens is 366 g/mol. The quantitative estimate of drug-likeness (QED) is 0.402. The lowest BCUT2D eigenvalue weighted by atomic mass is 10.0. The molecule has 0 spiro atoms. The third-order valence-corrected chi connectivity index (χ3v) is 3.92. The molecule has 0 aliphatic carbocycles. The number of nitrogens with one attached hydrogen (secondary N) is 2. The Morgan fingerprint density at radius 2 is 1.85 bits per heavy atom. The van der Waals surface area contributed by atoms with Gasteiger partial charge in [-0.3, -0.25) is 5.41 Å². The van der Waals surface area contributed by atoms with Crippen LogP contribution in [0.3, 0.4) is 0 Å². The summed E-state index contributed by atoms with van der Waals surface area (Å²) < 4.78 is 5.79. The maximum absolute atomic E-state index is 11.8. The number of halogens is 1. The van der Waals surface area contributed by atoms with E-state index in [2.05, 4.69) is 5.32 Å². The van der Waals surface area contributed by atoms with Gasteiger partial charge >= 0.3 is 5.97 Å². The standard InChI is InChI=1S/C20H25N3O3.ClH/c1-4-13-11-15(7-10-17(13)26-12(2)3)18(20(24)25)23-16-8-5-14(6-9-16)19(21)22;/h5-12,18,23H,4H2,1-3H3,(H3,21,22)(H,24,25);1H. The van der Waals surface area contributed by atoms with Gasteiger partial charge in [0.2, 0.25) is 0 Å². The summed E-state index contributed by atoms with van der Waals surface area (Å²) in [5.41, 5.74) is 8.29. The van der Waals surface area contributed by atoms with Crippen LogP contribution in [0.4, 0.5) is 5.69 Å². The largest absolute Gasteiger partial charge is 0.491 e. The van der Waals surface area contributed by atoms with Crippen molar-refractivity contribution in [3.8, 4) is 5.75 Å². The van der Waals surface area contributed by atoms with Gasteiger partial charge in [-0.05, 0) is 67.8 Å². The van der Waals surface area contributed by atoms with Crippen LogP contribution >= 0.6 is 12.4 Å². The van der Waals surface area contributed by atoms with E-state index in [0.717, 1.165) is 17.7 Å². The third-order valence-electron chi connectivity index (χ3n) is 3.92. The number of carboxylic acids is 1. The van der Waals surface area contributed by atoms with Gasteiger partial charge in [0.15, 0.2) is 6.04 Å². The van der Waals surface area contributed by atoms with Crippen LogP contribution < -0.4 is 15.8 Å². The summed E-state index contributed by atoms with van der Waals surface area (Å²) >= 11 is 0. The molecule has 0 saturated carbocycles. The normalized spacial score (nSPS) is 11.4. The number of rotatable bonds is 8. The second-order valence-electron chi connectivity index (χ2n) is 6.29. The summed E-state index contributed by atoms with van der Waals surface area (Å²) in [6.07, 6.45) is 0.801. The number of aliphatic carboxylic acids is 1. The van der Waals surface area contributed by atoms with Crippen molar-refractivity contribution in [2.75, 3.05) is 5.32 Å². The Morgan fingerprint density at radius 1 is 1.22 bits per heavy atom. The summed E-state index contributed by atoms with van der Waals surface area (Å²) in [7, 11) is 0. The van der Waals surface area contributed by atoms with Gasteiger partial charge in [0.05, 0.1) is 6.10 Å². The molecule has 146 valence electrons. The zero-order chi connectivity index (χ0) is 19.3. The van der Waals surface area contributed by atoms with E-state index in [0.29, 0.717) is 16.8 Å². The Bertz CT molecular complexity index is 792. The summed E-state index contributed by atoms with van der Waals surface area (Å²) in [6.45, 7) is 5.93. The minimum absolute atomic E-state index is 0. The van der Waals surface area contributed by atoms with Crippen LogP contribution in [-0.4, -0.2) is 23.0 Å². The molecule has 0 bridgehead atoms. The number of anilines is 1. The van der Waals surface area contributed by atoms with E-state index < -0.39 is 12.0 Å². The van der Waals surface area contributed by atoms with E-state index in [-0.39, 0.29) is 24.3 Å². The topological polar surface area (TPSA) is 108 Å². The van der Waals surface area contributed by atoms with Crippen molar-refractivity contribution in [2.24, 2.45) is 5.73 Å². The Morgan fingerprint density at radius 3 is 2.33 bits per heavy atom. The first-order chi connectivity index (χ1) is 12.3. The van der Waals surface area contributed by atoms with Crippen LogP contribution in [0.15, 0.2) is 42.5 Å². The molecule has 0 fully saturated rings. The van der Waals surface area contributed by atoms with E-state index in [1.807, 2.05) is 32.9 Å². The summed E-state index contributed by atoms with van der Waals surface area (Å²) in [6, 6.07) is 11.4. The van der Waals surface area contributed by atoms with E-state index in [1.165, 1.54) is 0 Å². The van der Waals surface area contributed by atoms with Crippen molar-refractivity contribution in [1.82, 2.24) is 0 Å². The molecule has 0 aromatic heterocycles. The van der Waals surface area contributed by atoms with Crippen LogP contribution in [0, 0.1) is 5.41 Å². The summed E-state index contributed by atoms with van der Waals surface area (Å²) in [5, 5.41) is 20.1. The number of aryl methyl sites for hydroxylation is 1. The zero-order valence-corrected chi connectivity index (χ0v) is 16.5. The van der Waals surface area contributed by atoms with Gasteiger partial charge in [-0.2, -0.15) is 0 Å². The van der Waals surface area contributed by atoms with E-state index in [4.69, 9.17) is 15.9 Å². The average molecular weight is 392 g/mol. The number of benzene rings is 2. The van der Waals surface area contributed by atoms with Gasteiger partial charge < -0.3 is 20.9 Å². The monoisotopic (exact) mass is 391 g/mol. The SMILES string of the molecule is CCc1cc(C(Nc2ccc(C(=N)N)cc2)C(=O)O)ccc1OC(C)C.Cl. The fraction of sp³-hybridized carbons (Fsp3) is 0.300. The molecule has 2 rings (SSSR count). The molecule has 0 aliphatic rings. The first kappa shape index (κ1) is 22.3. The highest BCUT2D eigenvalue weighted by molar-refractivity contribution is 5.95. The predicted octanol–water partition coefficient (Wildman–Crippen LogP) is 3.98. The van der Waals surface area contributed by atoms with Crippen LogP contribution in [0.5, 0.6) is 5.75 Å². The minimum atomic E-state index is -0.972. The number of nitrogen functional groups attached to an aromatic ring is 1. The predicted molar refractivity (Wildman–Crippen MR) is 110 cm³/mol. The molecule has 6 nitrogen and oxygen atoms in total. The minimum Gasteiger partial charge on any atom is -0.491 e. The Balaban J connectivity index is 0.00000364. The fourth-order valence-corrected chi connectivity index (χ4v) is 2.62. The highest BCUT2D eigenvalue weighted by Gasteiger charge is 2.21. The highest BCUT2D eigenvalue weighted by atomic mass is 35.5. The number of carboxylic acid groups (broad SMARTS) is 1. The molecule has 0 heterocycles. The molecule has 2 aromatic rings. The lowest BCUT2D eigenvalue weighted by Gasteiger charge is -2.19. The maximum atomic E-state index is 11.8. The Labute approximate surface area is 165 Å². The highest BCUT2D eigenvalue weighted by Crippen LogP contribution is 2.27. The number of hydrogen-bond donors (Lipinski definition) is 4. The van der Waals surface area contributed by atoms with Gasteiger partial charge in [-0.15, -0.1) is 12.4 Å². The van der Waals surface area contributed by atoms with Crippen molar-refractivity contribution >= 4 is 29.9 Å². The molecular formula is C20H26ClN3O3. The zero-order valence-electron chi connectivity index (χ0n) is 15.7. The number of amidine groups is 1. The number of hydrogen-bond acceptors (Lipinski definition) is 4. The van der Waals surface area contributed by atoms with Crippen LogP contribution in [-0.2, 0) is 11.2 Å². The Hall–Kier alpha value is -2.73. The van der Waals surface area contributed by atoms with E-state index in [9.17, 15) is 9.90 Å². The molecule has 7 heteroatoms. The van der Waals surface area contributed by atoms with Gasteiger partial charge in [-0.25, -0.2) is 4.79 Å². The van der Waals surface area contributed by atoms with Crippen molar-refractivity contribution < 1.29 is 14.6 Å². The van der Waals surface area contributed by atoms with Gasteiger partial charge in [0.25, 0.3) is 0 Å². The molecule has 27 heavy (non-hydrogen) atoms. The smallest absolute Gasteiger partial charge is 0.330 e. The van der Waals surface area contributed by atoms with Gasteiger partial charge in [0.1, 0.15) is 11.6 Å². The molecule has 1 unspecified atom stereocenters. The second-order valence-corrected chi connectivity index (χ2v) is 6.29. The summed E-state index contributed by atoms with van der Waals surface area (Å²) in [4.78, 5) is 11.8. The first-order valence-corrected chi connectivity index (χ1v) is 8.55. The van der Waals surface area contributed by atoms with Gasteiger partial charge in [-0.1, -0.05) is 13.0 Å². The molecule has 2 aromatic carbocycles. The van der Waals surface area contributed by atoms with Crippen molar-refractivity contribution in [2.45, 2.75) is 39.3 Å². The molecule has 5 N–H and O–H groups in total. The van der Waals surface area contributed by atoms with Crippen LogP contribution in [0.2, 0.25) is 0 Å². The lowest BCUT2D eigenvalue weighted by molar-refractivity contribution is -0.138. The number of carbonyl (C=O) groups is 1. The van der Waals surface area contributed by atoms with Crippen molar-refractivity contribution in [3.05, 3.63) is 59.2 Å². The van der Waals surface area contributed by atoms with Gasteiger partial charge in [0, 0.05) is 11.3 Å². The van der Waals surface area contributed by atoms with E-state index in [1.54, 1.807) is 30.3 Å². The summed E-state index contributed by atoms with van der Waals surface area (Å²) in [5.74, 6) is -0.221. The van der Waals surface area contributed by atoms with Crippen molar-refractivity contribution in [3.63, 3.8) is 0 Å². The van der Waals surface area contributed by atoms with E-state index >= 15 is 0 Å². The number of ether oxygens (including phenoxy) is 1. The maximum Gasteiger partial charge on any atom is 0.330 e. The second kappa shape index (κ2) is 9.83.